The van der Waals surface area contributed by atoms with Gasteiger partial charge in [-0.1, -0.05) is 0 Å². The number of carbonyl (C=O) groups is 1. The van der Waals surface area contributed by atoms with E-state index in [4.69, 9.17) is 14.6 Å². The van der Waals surface area contributed by atoms with Gasteiger partial charge < -0.3 is 14.6 Å². The molecule has 1 aliphatic rings. The summed E-state index contributed by atoms with van der Waals surface area (Å²) in [7, 11) is 0. The number of rotatable bonds is 11. The summed E-state index contributed by atoms with van der Waals surface area (Å²) >= 11 is 1.82. The van der Waals surface area contributed by atoms with Crippen molar-refractivity contribution in [2.75, 3.05) is 24.7 Å². The van der Waals surface area contributed by atoms with Crippen LogP contribution in [0.25, 0.3) is 0 Å². The molecule has 0 amide bonds. The number of carboxylic acids is 1. The fourth-order valence-corrected chi connectivity index (χ4v) is 3.25. The molecule has 0 spiro atoms. The second-order valence-corrected chi connectivity index (χ2v) is 5.86. The molecule has 0 radical (unpaired) electrons. The van der Waals surface area contributed by atoms with Crippen molar-refractivity contribution in [2.24, 2.45) is 5.41 Å². The number of hydrogen-bond donors (Lipinski definition) is 1. The summed E-state index contributed by atoms with van der Waals surface area (Å²) in [5, 5.41) is 8.82. The first-order chi connectivity index (χ1) is 8.62. The molecular weight excluding hydrogens is 252 g/mol. The Morgan fingerprint density at radius 3 is 2.39 bits per heavy atom. The van der Waals surface area contributed by atoms with E-state index in [1.807, 2.05) is 25.6 Å². The maximum atomic E-state index is 10.7. The van der Waals surface area contributed by atoms with Gasteiger partial charge in [-0.2, -0.15) is 11.8 Å². The van der Waals surface area contributed by atoms with Gasteiger partial charge in [-0.25, -0.2) is 0 Å². The van der Waals surface area contributed by atoms with Gasteiger partial charge in [0.25, 0.3) is 0 Å². The molecule has 0 aliphatic heterocycles. The monoisotopic (exact) mass is 276 g/mol. The lowest BCUT2D eigenvalue weighted by Gasteiger charge is -2.17. The average molecular weight is 276 g/mol. The molecule has 4 nitrogen and oxygen atoms in total. The number of aliphatic carboxylic acids is 1. The van der Waals surface area contributed by atoms with Crippen LogP contribution in [0.2, 0.25) is 0 Å². The minimum atomic E-state index is -0.672. The fraction of sp³-hybridized carbons (Fsp3) is 0.923. The first kappa shape index (κ1) is 15.8. The van der Waals surface area contributed by atoms with Gasteiger partial charge in [-0.3, -0.25) is 4.79 Å². The summed E-state index contributed by atoms with van der Waals surface area (Å²) in [4.78, 5) is 10.7. The summed E-state index contributed by atoms with van der Waals surface area (Å²) in [6.07, 6.45) is 3.21. The molecular formula is C13H24O4S. The molecule has 0 unspecified atom stereocenters. The van der Waals surface area contributed by atoms with Crippen LogP contribution in [0.1, 0.15) is 39.5 Å². The maximum absolute atomic E-state index is 10.7. The Kier molecular flexibility index (Phi) is 7.04. The predicted octanol–water partition coefficient (Wildman–Crippen LogP) is 2.76. The van der Waals surface area contributed by atoms with E-state index in [1.165, 1.54) is 0 Å². The first-order valence-corrected chi connectivity index (χ1v) is 7.80. The highest BCUT2D eigenvalue weighted by molar-refractivity contribution is 7.99. The summed E-state index contributed by atoms with van der Waals surface area (Å²) in [5.41, 5.74) is 0.0865. The van der Waals surface area contributed by atoms with Gasteiger partial charge in [0.1, 0.15) is 0 Å². The standard InChI is InChI=1S/C13H24O4S/c1-3-16-12(17-4-2)5-8-18-10-13(6-7-13)9-11(14)15/h12H,3-10H2,1-2H3,(H,14,15). The minimum Gasteiger partial charge on any atom is -0.481 e. The van der Waals surface area contributed by atoms with Crippen molar-refractivity contribution in [1.29, 1.82) is 0 Å². The minimum absolute atomic E-state index is 0.0865. The molecule has 0 aromatic carbocycles. The number of thioether (sulfide) groups is 1. The average Bonchev–Trinajstić information content (AvgIpc) is 3.04. The van der Waals surface area contributed by atoms with E-state index < -0.39 is 5.97 Å². The largest absolute Gasteiger partial charge is 0.481 e. The van der Waals surface area contributed by atoms with Gasteiger partial charge in [0.15, 0.2) is 6.29 Å². The van der Waals surface area contributed by atoms with Gasteiger partial charge in [-0.15, -0.1) is 0 Å². The van der Waals surface area contributed by atoms with Crippen LogP contribution in [0.15, 0.2) is 0 Å². The van der Waals surface area contributed by atoms with Crippen LogP contribution in [-0.2, 0) is 14.3 Å². The van der Waals surface area contributed by atoms with Gasteiger partial charge >= 0.3 is 5.97 Å². The number of ether oxygens (including phenoxy) is 2. The Balaban J connectivity index is 2.11. The third-order valence-electron chi connectivity index (χ3n) is 3.09. The van der Waals surface area contributed by atoms with E-state index in [9.17, 15) is 4.79 Å². The Hall–Kier alpha value is -0.260. The number of carboxylic acid groups (broad SMARTS) is 1. The third kappa shape index (κ3) is 6.07. The highest BCUT2D eigenvalue weighted by Crippen LogP contribution is 2.51. The predicted molar refractivity (Wildman–Crippen MR) is 72.9 cm³/mol. The van der Waals surface area contributed by atoms with E-state index in [-0.39, 0.29) is 11.7 Å². The molecule has 5 heteroatoms. The lowest BCUT2D eigenvalue weighted by molar-refractivity contribution is -0.138. The van der Waals surface area contributed by atoms with E-state index in [0.717, 1.165) is 30.8 Å². The van der Waals surface area contributed by atoms with Gasteiger partial charge in [0.2, 0.25) is 0 Å². The first-order valence-electron chi connectivity index (χ1n) is 6.64. The molecule has 1 saturated carbocycles. The topological polar surface area (TPSA) is 55.8 Å². The van der Waals surface area contributed by atoms with Crippen molar-refractivity contribution in [3.05, 3.63) is 0 Å². The molecule has 0 bridgehead atoms. The molecule has 106 valence electrons. The van der Waals surface area contributed by atoms with Crippen LogP contribution < -0.4 is 0 Å². The lowest BCUT2D eigenvalue weighted by atomic mass is 10.1. The second-order valence-electron chi connectivity index (χ2n) is 4.75. The van der Waals surface area contributed by atoms with Crippen molar-refractivity contribution in [2.45, 2.75) is 45.8 Å². The van der Waals surface area contributed by atoms with E-state index >= 15 is 0 Å². The van der Waals surface area contributed by atoms with Crippen LogP contribution in [0, 0.1) is 5.41 Å². The van der Waals surface area contributed by atoms with Gasteiger partial charge in [-0.05, 0) is 43.6 Å². The Morgan fingerprint density at radius 2 is 1.94 bits per heavy atom. The molecule has 1 rings (SSSR count). The van der Waals surface area contributed by atoms with Crippen LogP contribution in [0.3, 0.4) is 0 Å². The molecule has 0 saturated heterocycles. The summed E-state index contributed by atoms with van der Waals surface area (Å²) < 4.78 is 10.9. The van der Waals surface area contributed by atoms with Crippen molar-refractivity contribution in [3.8, 4) is 0 Å². The van der Waals surface area contributed by atoms with Gasteiger partial charge in [0.05, 0.1) is 6.42 Å². The summed E-state index contributed by atoms with van der Waals surface area (Å²) in [6.45, 7) is 5.26. The zero-order valence-electron chi connectivity index (χ0n) is 11.3. The molecule has 1 aliphatic carbocycles. The van der Waals surface area contributed by atoms with Crippen molar-refractivity contribution < 1.29 is 19.4 Å². The van der Waals surface area contributed by atoms with Crippen LogP contribution in [-0.4, -0.2) is 42.1 Å². The van der Waals surface area contributed by atoms with Crippen LogP contribution >= 0.6 is 11.8 Å². The Labute approximate surface area is 113 Å². The van der Waals surface area contributed by atoms with E-state index in [1.54, 1.807) is 0 Å². The normalized spacial score (nSPS) is 17.1. The van der Waals surface area contributed by atoms with E-state index in [2.05, 4.69) is 0 Å². The van der Waals surface area contributed by atoms with Gasteiger partial charge in [0, 0.05) is 19.6 Å². The lowest BCUT2D eigenvalue weighted by Crippen LogP contribution is -2.18. The molecule has 0 aromatic rings. The van der Waals surface area contributed by atoms with Crippen molar-refractivity contribution in [1.82, 2.24) is 0 Å². The third-order valence-corrected chi connectivity index (χ3v) is 4.44. The summed E-state index contributed by atoms with van der Waals surface area (Å²) in [5.74, 6) is 1.24. The quantitative estimate of drug-likeness (QED) is 0.464. The fourth-order valence-electron chi connectivity index (χ4n) is 1.92. The van der Waals surface area contributed by atoms with Crippen molar-refractivity contribution >= 4 is 17.7 Å². The highest BCUT2D eigenvalue weighted by Gasteiger charge is 2.43. The smallest absolute Gasteiger partial charge is 0.303 e. The molecule has 1 fully saturated rings. The SMILES string of the molecule is CCOC(CCSCC1(CC(=O)O)CC1)OCC. The second kappa shape index (κ2) is 8.02. The van der Waals surface area contributed by atoms with Crippen molar-refractivity contribution in [3.63, 3.8) is 0 Å². The number of hydrogen-bond acceptors (Lipinski definition) is 4. The molecule has 0 atom stereocenters. The molecule has 0 heterocycles. The van der Waals surface area contributed by atoms with E-state index in [0.29, 0.717) is 19.6 Å². The van der Waals surface area contributed by atoms with Crippen LogP contribution in [0.5, 0.6) is 0 Å². The Morgan fingerprint density at radius 1 is 1.33 bits per heavy atom. The molecule has 0 aromatic heterocycles. The molecule has 1 N–H and O–H groups in total. The maximum Gasteiger partial charge on any atom is 0.303 e. The summed E-state index contributed by atoms with van der Waals surface area (Å²) in [6, 6.07) is 0. The zero-order chi connectivity index (χ0) is 13.4. The van der Waals surface area contributed by atoms with Crippen LogP contribution in [0.4, 0.5) is 0 Å². The Bertz CT molecular complexity index is 247. The molecule has 18 heavy (non-hydrogen) atoms. The highest BCUT2D eigenvalue weighted by atomic mass is 32.2. The zero-order valence-corrected chi connectivity index (χ0v) is 12.1.